The summed E-state index contributed by atoms with van der Waals surface area (Å²) in [6.07, 6.45) is 10.3. The van der Waals surface area contributed by atoms with Crippen molar-refractivity contribution in [1.82, 2.24) is 0 Å². The maximum atomic E-state index is 12.5. The van der Waals surface area contributed by atoms with Gasteiger partial charge in [-0.25, -0.2) is 4.79 Å². The van der Waals surface area contributed by atoms with Gasteiger partial charge in [0.2, 0.25) is 0 Å². The first-order chi connectivity index (χ1) is 14.3. The zero-order chi connectivity index (χ0) is 22.4. The highest BCUT2D eigenvalue weighted by atomic mass is 16.5. The molecule has 1 aliphatic carbocycles. The van der Waals surface area contributed by atoms with Gasteiger partial charge in [0.15, 0.2) is 0 Å². The molecule has 0 bridgehead atoms. The summed E-state index contributed by atoms with van der Waals surface area (Å²) < 4.78 is 11.0. The molecule has 0 heterocycles. The SMILES string of the molecule is C=C(C(=O)O)C(CCOCCCCCCCC)(CC(=O)OC1CCCCC1)C(=O)O. The molecule has 2 N–H and O–H groups in total. The molecule has 0 aromatic rings. The predicted molar refractivity (Wildman–Crippen MR) is 113 cm³/mol. The van der Waals surface area contributed by atoms with E-state index in [1.165, 1.54) is 19.3 Å². The van der Waals surface area contributed by atoms with Crippen LogP contribution in [0.4, 0.5) is 0 Å². The van der Waals surface area contributed by atoms with Gasteiger partial charge < -0.3 is 19.7 Å². The second-order valence-electron chi connectivity index (χ2n) is 8.23. The second-order valence-corrected chi connectivity index (χ2v) is 8.23. The second kappa shape index (κ2) is 14.2. The summed E-state index contributed by atoms with van der Waals surface area (Å²) in [5, 5.41) is 19.2. The van der Waals surface area contributed by atoms with E-state index in [0.29, 0.717) is 6.61 Å². The molecule has 1 unspecified atom stereocenters. The molecule has 7 heteroatoms. The number of carboxylic acids is 2. The maximum absolute atomic E-state index is 12.5. The Labute approximate surface area is 179 Å². The molecule has 1 rings (SSSR count). The Morgan fingerprint density at radius 1 is 0.967 bits per heavy atom. The number of carboxylic acid groups (broad SMARTS) is 2. The Hall–Kier alpha value is -1.89. The number of ether oxygens (including phenoxy) is 2. The zero-order valence-corrected chi connectivity index (χ0v) is 18.3. The molecule has 1 atom stereocenters. The van der Waals surface area contributed by atoms with Gasteiger partial charge in [-0.2, -0.15) is 0 Å². The summed E-state index contributed by atoms with van der Waals surface area (Å²) in [5.74, 6) is -3.51. The van der Waals surface area contributed by atoms with Crippen molar-refractivity contribution < 1.29 is 34.1 Å². The van der Waals surface area contributed by atoms with E-state index in [4.69, 9.17) is 9.47 Å². The smallest absolute Gasteiger partial charge is 0.332 e. The topological polar surface area (TPSA) is 110 Å². The normalized spacial score (nSPS) is 16.6. The van der Waals surface area contributed by atoms with Gasteiger partial charge in [0.1, 0.15) is 11.5 Å². The highest BCUT2D eigenvalue weighted by Gasteiger charge is 2.46. The summed E-state index contributed by atoms with van der Waals surface area (Å²) in [5.41, 5.74) is -2.45. The summed E-state index contributed by atoms with van der Waals surface area (Å²) >= 11 is 0. The fourth-order valence-electron chi connectivity index (χ4n) is 3.85. The molecular weight excluding hydrogens is 388 g/mol. The number of unbranched alkanes of at least 4 members (excludes halogenated alkanes) is 5. The Balaban J connectivity index is 2.62. The van der Waals surface area contributed by atoms with E-state index in [9.17, 15) is 24.6 Å². The monoisotopic (exact) mass is 426 g/mol. The fraction of sp³-hybridized carbons (Fsp3) is 0.783. The summed E-state index contributed by atoms with van der Waals surface area (Å²) in [7, 11) is 0. The third-order valence-corrected chi connectivity index (χ3v) is 5.86. The molecule has 0 saturated heterocycles. The van der Waals surface area contributed by atoms with Crippen LogP contribution in [-0.2, 0) is 23.9 Å². The van der Waals surface area contributed by atoms with Crippen molar-refractivity contribution in [3.05, 3.63) is 12.2 Å². The number of rotatable bonds is 16. The molecule has 1 saturated carbocycles. The highest BCUT2D eigenvalue weighted by Crippen LogP contribution is 2.36. The molecule has 172 valence electrons. The minimum Gasteiger partial charge on any atom is -0.481 e. The van der Waals surface area contributed by atoms with Crippen molar-refractivity contribution >= 4 is 17.9 Å². The van der Waals surface area contributed by atoms with Gasteiger partial charge >= 0.3 is 17.9 Å². The molecular formula is C23H38O7. The number of carbonyl (C=O) groups is 3. The average Bonchev–Trinajstić information content (AvgIpc) is 2.71. The number of hydrogen-bond acceptors (Lipinski definition) is 5. The van der Waals surface area contributed by atoms with E-state index in [1.54, 1.807) is 0 Å². The molecule has 0 aromatic carbocycles. The van der Waals surface area contributed by atoms with Gasteiger partial charge in [-0.1, -0.05) is 52.0 Å². The number of aliphatic carboxylic acids is 2. The lowest BCUT2D eigenvalue weighted by Gasteiger charge is -2.30. The van der Waals surface area contributed by atoms with Crippen LogP contribution in [0.15, 0.2) is 12.2 Å². The van der Waals surface area contributed by atoms with Crippen LogP contribution in [0, 0.1) is 5.41 Å². The average molecular weight is 427 g/mol. The standard InChI is InChI=1S/C23H38O7/c1-3-4-5-6-7-11-15-29-16-14-23(22(27)28,18(2)21(25)26)17-20(24)30-19-12-9-8-10-13-19/h19H,2-17H2,1H3,(H,25,26)(H,27,28). The number of hydrogen-bond donors (Lipinski definition) is 2. The Morgan fingerprint density at radius 3 is 2.20 bits per heavy atom. The first-order valence-electron chi connectivity index (χ1n) is 11.3. The molecule has 0 aliphatic heterocycles. The largest absolute Gasteiger partial charge is 0.481 e. The Kier molecular flexibility index (Phi) is 12.4. The van der Waals surface area contributed by atoms with Crippen LogP contribution in [0.3, 0.4) is 0 Å². The number of carbonyl (C=O) groups excluding carboxylic acids is 1. The van der Waals surface area contributed by atoms with E-state index in [0.717, 1.165) is 51.4 Å². The molecule has 0 aromatic heterocycles. The maximum Gasteiger partial charge on any atom is 0.332 e. The molecule has 30 heavy (non-hydrogen) atoms. The lowest BCUT2D eigenvalue weighted by molar-refractivity contribution is -0.162. The highest BCUT2D eigenvalue weighted by molar-refractivity contribution is 5.98. The van der Waals surface area contributed by atoms with Gasteiger partial charge in [0.25, 0.3) is 0 Å². The van der Waals surface area contributed by atoms with Crippen LogP contribution >= 0.6 is 0 Å². The van der Waals surface area contributed by atoms with E-state index < -0.39 is 35.3 Å². The Morgan fingerprint density at radius 2 is 1.60 bits per heavy atom. The zero-order valence-electron chi connectivity index (χ0n) is 18.3. The van der Waals surface area contributed by atoms with E-state index in [1.807, 2.05) is 0 Å². The van der Waals surface area contributed by atoms with Crippen molar-refractivity contribution in [3.63, 3.8) is 0 Å². The van der Waals surface area contributed by atoms with Crippen LogP contribution in [0.1, 0.15) is 90.4 Å². The van der Waals surface area contributed by atoms with E-state index in [2.05, 4.69) is 13.5 Å². The molecule has 1 aliphatic rings. The van der Waals surface area contributed by atoms with Gasteiger partial charge in [0, 0.05) is 18.8 Å². The van der Waals surface area contributed by atoms with Crippen molar-refractivity contribution in [2.45, 2.75) is 96.5 Å². The van der Waals surface area contributed by atoms with Gasteiger partial charge in [-0.3, -0.25) is 9.59 Å². The molecule has 0 spiro atoms. The van der Waals surface area contributed by atoms with Crippen molar-refractivity contribution in [2.75, 3.05) is 13.2 Å². The fourth-order valence-corrected chi connectivity index (χ4v) is 3.85. The van der Waals surface area contributed by atoms with Crippen molar-refractivity contribution in [1.29, 1.82) is 0 Å². The van der Waals surface area contributed by atoms with Crippen LogP contribution in [0.2, 0.25) is 0 Å². The van der Waals surface area contributed by atoms with Crippen molar-refractivity contribution in [2.24, 2.45) is 5.41 Å². The molecule has 7 nitrogen and oxygen atoms in total. The van der Waals surface area contributed by atoms with Gasteiger partial charge in [-0.15, -0.1) is 0 Å². The summed E-state index contributed by atoms with van der Waals surface area (Å²) in [6.45, 7) is 6.15. The quantitative estimate of drug-likeness (QED) is 0.208. The molecule has 1 fully saturated rings. The van der Waals surface area contributed by atoms with Crippen LogP contribution in [-0.4, -0.2) is 47.4 Å². The van der Waals surface area contributed by atoms with Crippen LogP contribution in [0.5, 0.6) is 0 Å². The summed E-state index contributed by atoms with van der Waals surface area (Å²) in [6, 6.07) is 0. The molecule has 0 amide bonds. The third kappa shape index (κ3) is 8.86. The van der Waals surface area contributed by atoms with E-state index in [-0.39, 0.29) is 19.1 Å². The number of esters is 1. The minimum atomic E-state index is -1.93. The third-order valence-electron chi connectivity index (χ3n) is 5.86. The molecule has 0 radical (unpaired) electrons. The first kappa shape index (κ1) is 26.1. The minimum absolute atomic E-state index is 0.0459. The van der Waals surface area contributed by atoms with Crippen LogP contribution < -0.4 is 0 Å². The Bertz CT molecular complexity index is 566. The van der Waals surface area contributed by atoms with Gasteiger partial charge in [0.05, 0.1) is 6.42 Å². The lowest BCUT2D eigenvalue weighted by Crippen LogP contribution is -2.40. The van der Waals surface area contributed by atoms with Crippen molar-refractivity contribution in [3.8, 4) is 0 Å². The first-order valence-corrected chi connectivity index (χ1v) is 11.3. The van der Waals surface area contributed by atoms with Crippen LogP contribution in [0.25, 0.3) is 0 Å². The lowest BCUT2D eigenvalue weighted by atomic mass is 9.75. The summed E-state index contributed by atoms with van der Waals surface area (Å²) in [4.78, 5) is 36.1. The predicted octanol–water partition coefficient (Wildman–Crippen LogP) is 4.73. The van der Waals surface area contributed by atoms with E-state index >= 15 is 0 Å². The van der Waals surface area contributed by atoms with Gasteiger partial charge in [-0.05, 0) is 38.5 Å².